The molecule has 2 N–H and O–H groups in total. The summed E-state index contributed by atoms with van der Waals surface area (Å²) >= 11 is 0. The van der Waals surface area contributed by atoms with Crippen molar-refractivity contribution in [3.63, 3.8) is 0 Å². The van der Waals surface area contributed by atoms with Crippen molar-refractivity contribution in [3.8, 4) is 0 Å². The van der Waals surface area contributed by atoms with Gasteiger partial charge in [-0.15, -0.1) is 0 Å². The lowest BCUT2D eigenvalue weighted by Crippen LogP contribution is -2.29. The standard InChI is InChI=1S/C20H16O3/c21-17-13-7-6-11-12-5-4-9-2-1-3-10(15(9)12)8-14(11)16(13)19-20(23-19)18(17)22/h1-3,6-8,17-22H,4-5H2/t17-,18+,19-,20+/m0/s1. The van der Waals surface area contributed by atoms with Gasteiger partial charge in [0.2, 0.25) is 0 Å². The van der Waals surface area contributed by atoms with E-state index in [4.69, 9.17) is 4.74 Å². The normalized spacial score (nSPS) is 30.5. The fourth-order valence-electron chi connectivity index (χ4n) is 4.75. The zero-order valence-electron chi connectivity index (χ0n) is 12.5. The van der Waals surface area contributed by atoms with Crippen molar-refractivity contribution in [2.75, 3.05) is 0 Å². The van der Waals surface area contributed by atoms with Crippen molar-refractivity contribution in [2.24, 2.45) is 0 Å². The van der Waals surface area contributed by atoms with E-state index in [1.807, 2.05) is 6.07 Å². The Labute approximate surface area is 133 Å². The molecule has 4 atom stereocenters. The largest absolute Gasteiger partial charge is 0.387 e. The highest BCUT2D eigenvalue weighted by molar-refractivity contribution is 6.06. The van der Waals surface area contributed by atoms with Crippen LogP contribution in [0.25, 0.3) is 21.5 Å². The van der Waals surface area contributed by atoms with E-state index in [1.54, 1.807) is 0 Å². The second-order valence-corrected chi connectivity index (χ2v) is 6.99. The molecule has 1 fully saturated rings. The number of aryl methyl sites for hydroxylation is 2. The minimum Gasteiger partial charge on any atom is -0.387 e. The average Bonchev–Trinajstić information content (AvgIpc) is 3.25. The maximum atomic E-state index is 10.4. The summed E-state index contributed by atoms with van der Waals surface area (Å²) < 4.78 is 5.68. The highest BCUT2D eigenvalue weighted by atomic mass is 16.6. The summed E-state index contributed by atoms with van der Waals surface area (Å²) in [5.74, 6) is 0. The number of aliphatic hydroxyl groups is 2. The minimum atomic E-state index is -0.853. The van der Waals surface area contributed by atoms with Gasteiger partial charge in [-0.25, -0.2) is 0 Å². The topological polar surface area (TPSA) is 53.0 Å². The smallest absolute Gasteiger partial charge is 0.118 e. The van der Waals surface area contributed by atoms with Crippen LogP contribution in [-0.2, 0) is 17.6 Å². The van der Waals surface area contributed by atoms with Crippen molar-refractivity contribution in [1.29, 1.82) is 0 Å². The molecule has 0 spiro atoms. The first-order valence-corrected chi connectivity index (χ1v) is 8.25. The Hall–Kier alpha value is -1.94. The molecule has 0 amide bonds. The molecule has 1 aliphatic heterocycles. The molecule has 114 valence electrons. The van der Waals surface area contributed by atoms with Crippen LogP contribution in [0.5, 0.6) is 0 Å². The zero-order valence-corrected chi connectivity index (χ0v) is 12.5. The van der Waals surface area contributed by atoms with Crippen LogP contribution in [0.3, 0.4) is 0 Å². The summed E-state index contributed by atoms with van der Waals surface area (Å²) in [6, 6.07) is 12.9. The highest BCUT2D eigenvalue weighted by Gasteiger charge is 2.54. The summed E-state index contributed by atoms with van der Waals surface area (Å²) in [6.07, 6.45) is 0.194. The second-order valence-electron chi connectivity index (χ2n) is 6.99. The number of benzene rings is 3. The van der Waals surface area contributed by atoms with Gasteiger partial charge in [0.25, 0.3) is 0 Å². The van der Waals surface area contributed by atoms with Crippen molar-refractivity contribution in [1.82, 2.24) is 0 Å². The molecule has 1 heterocycles. The fourth-order valence-corrected chi connectivity index (χ4v) is 4.75. The zero-order chi connectivity index (χ0) is 15.3. The molecule has 6 rings (SSSR count). The summed E-state index contributed by atoms with van der Waals surface area (Å²) in [4.78, 5) is 0. The summed E-state index contributed by atoms with van der Waals surface area (Å²) in [7, 11) is 0. The number of rotatable bonds is 0. The molecule has 3 aliphatic rings. The van der Waals surface area contributed by atoms with Crippen LogP contribution < -0.4 is 0 Å². The van der Waals surface area contributed by atoms with Gasteiger partial charge in [-0.3, -0.25) is 0 Å². The lowest BCUT2D eigenvalue weighted by Gasteiger charge is -2.25. The van der Waals surface area contributed by atoms with E-state index in [2.05, 4.69) is 30.3 Å². The molecular weight excluding hydrogens is 288 g/mol. The first-order valence-electron chi connectivity index (χ1n) is 8.25. The van der Waals surface area contributed by atoms with Gasteiger partial charge in [0.05, 0.1) is 0 Å². The Balaban J connectivity index is 1.77. The van der Waals surface area contributed by atoms with Gasteiger partial charge in [-0.2, -0.15) is 0 Å². The fraction of sp³-hybridized carbons (Fsp3) is 0.300. The summed E-state index contributed by atoms with van der Waals surface area (Å²) in [5.41, 5.74) is 4.77. The highest BCUT2D eigenvalue weighted by Crippen LogP contribution is 2.53. The van der Waals surface area contributed by atoms with Crippen LogP contribution in [-0.4, -0.2) is 22.4 Å². The maximum Gasteiger partial charge on any atom is 0.118 e. The van der Waals surface area contributed by atoms with Crippen LogP contribution in [0.2, 0.25) is 0 Å². The van der Waals surface area contributed by atoms with Gasteiger partial charge in [0.1, 0.15) is 24.4 Å². The molecule has 2 aliphatic carbocycles. The minimum absolute atomic E-state index is 0.0682. The van der Waals surface area contributed by atoms with Crippen LogP contribution in [0.4, 0.5) is 0 Å². The van der Waals surface area contributed by atoms with Crippen LogP contribution >= 0.6 is 0 Å². The van der Waals surface area contributed by atoms with Crippen LogP contribution in [0.15, 0.2) is 36.4 Å². The van der Waals surface area contributed by atoms with E-state index < -0.39 is 12.2 Å². The number of ether oxygens (including phenoxy) is 1. The van der Waals surface area contributed by atoms with Crippen LogP contribution in [0.1, 0.15) is 34.5 Å². The Morgan fingerprint density at radius 2 is 1.91 bits per heavy atom. The van der Waals surface area contributed by atoms with E-state index in [0.717, 1.165) is 24.0 Å². The molecule has 23 heavy (non-hydrogen) atoms. The number of epoxide rings is 1. The Bertz CT molecular complexity index is 1010. The van der Waals surface area contributed by atoms with Gasteiger partial charge < -0.3 is 14.9 Å². The lowest BCUT2D eigenvalue weighted by atomic mass is 9.83. The van der Waals surface area contributed by atoms with Gasteiger partial charge in [-0.1, -0.05) is 30.3 Å². The number of fused-ring (bicyclic) bond motifs is 6. The molecule has 0 saturated carbocycles. The SMILES string of the molecule is O[C@H]1[C@H]2O[C@H]2c2c(ccc3c4c5c(cccc5cc23)CC4)[C@@H]1O. The van der Waals surface area contributed by atoms with E-state index in [1.165, 1.54) is 32.7 Å². The first-order chi connectivity index (χ1) is 11.2. The lowest BCUT2D eigenvalue weighted by molar-refractivity contribution is 0.000105. The molecule has 3 nitrogen and oxygen atoms in total. The Morgan fingerprint density at radius 1 is 1.00 bits per heavy atom. The predicted octanol–water partition coefficient (Wildman–Crippen LogP) is 2.94. The summed E-state index contributed by atoms with van der Waals surface area (Å²) in [6.45, 7) is 0. The molecule has 3 aromatic rings. The third-order valence-corrected chi connectivity index (χ3v) is 5.86. The molecule has 0 radical (unpaired) electrons. The van der Waals surface area contributed by atoms with Crippen molar-refractivity contribution in [3.05, 3.63) is 58.7 Å². The number of hydrogen-bond donors (Lipinski definition) is 2. The molecule has 1 saturated heterocycles. The van der Waals surface area contributed by atoms with Crippen LogP contribution in [0, 0.1) is 0 Å². The van der Waals surface area contributed by atoms with Crippen molar-refractivity contribution >= 4 is 21.5 Å². The van der Waals surface area contributed by atoms with E-state index in [-0.39, 0.29) is 12.2 Å². The molecule has 0 aromatic heterocycles. The van der Waals surface area contributed by atoms with Gasteiger partial charge in [0, 0.05) is 0 Å². The Morgan fingerprint density at radius 3 is 2.83 bits per heavy atom. The molecule has 3 heteroatoms. The molecule has 3 aromatic carbocycles. The monoisotopic (exact) mass is 304 g/mol. The Kier molecular flexibility index (Phi) is 2.13. The molecular formula is C20H16O3. The number of hydrogen-bond acceptors (Lipinski definition) is 3. The summed E-state index contributed by atoms with van der Waals surface area (Å²) in [5, 5.41) is 25.7. The van der Waals surface area contributed by atoms with E-state index in [0.29, 0.717) is 0 Å². The van der Waals surface area contributed by atoms with Gasteiger partial charge in [0.15, 0.2) is 0 Å². The molecule has 0 unspecified atom stereocenters. The maximum absolute atomic E-state index is 10.4. The van der Waals surface area contributed by atoms with Crippen molar-refractivity contribution < 1.29 is 14.9 Å². The van der Waals surface area contributed by atoms with Gasteiger partial charge in [-0.05, 0) is 62.7 Å². The van der Waals surface area contributed by atoms with E-state index >= 15 is 0 Å². The van der Waals surface area contributed by atoms with Crippen molar-refractivity contribution in [2.45, 2.75) is 37.3 Å². The van der Waals surface area contributed by atoms with Gasteiger partial charge >= 0.3 is 0 Å². The second kappa shape index (κ2) is 3.93. The molecule has 0 bridgehead atoms. The third-order valence-electron chi connectivity index (χ3n) is 5.86. The number of aliphatic hydroxyl groups excluding tert-OH is 2. The quantitative estimate of drug-likeness (QED) is 0.496. The average molecular weight is 304 g/mol. The predicted molar refractivity (Wildman–Crippen MR) is 87.4 cm³/mol. The first kappa shape index (κ1) is 12.5. The third kappa shape index (κ3) is 1.41. The van der Waals surface area contributed by atoms with E-state index in [9.17, 15) is 10.2 Å².